The number of halogens is 2. The third-order valence-electron chi connectivity index (χ3n) is 3.11. The summed E-state index contributed by atoms with van der Waals surface area (Å²) in [5, 5.41) is 0. The van der Waals surface area contributed by atoms with E-state index in [2.05, 4.69) is 0 Å². The number of rotatable bonds is 4. The topological polar surface area (TPSA) is 34.1 Å². The monoisotopic (exact) mass is 218 g/mol. The molecule has 1 saturated carbocycles. The van der Waals surface area contributed by atoms with Gasteiger partial charge in [0.05, 0.1) is 5.92 Å². The molecule has 0 radical (unpaired) electrons. The lowest BCUT2D eigenvalue weighted by atomic mass is 9.92. The van der Waals surface area contributed by atoms with Gasteiger partial charge in [0.25, 0.3) is 0 Å². The molecule has 1 aliphatic rings. The molecular formula is C11H16F2O2. The van der Waals surface area contributed by atoms with Crippen LogP contribution in [0.1, 0.15) is 34.1 Å². The van der Waals surface area contributed by atoms with E-state index in [9.17, 15) is 18.4 Å². The van der Waals surface area contributed by atoms with E-state index in [1.54, 1.807) is 0 Å². The summed E-state index contributed by atoms with van der Waals surface area (Å²) < 4.78 is 25.4. The van der Waals surface area contributed by atoms with Crippen LogP contribution in [-0.4, -0.2) is 17.5 Å². The third kappa shape index (κ3) is 2.41. The van der Waals surface area contributed by atoms with E-state index in [1.165, 1.54) is 6.92 Å². The highest BCUT2D eigenvalue weighted by Gasteiger charge is 2.53. The fourth-order valence-electron chi connectivity index (χ4n) is 1.76. The number of Topliss-reactive ketones (excluding diaryl/α,β-unsaturated/α-hetero) is 2. The lowest BCUT2D eigenvalue weighted by Gasteiger charge is -2.15. The Balaban J connectivity index is 2.67. The number of ketones is 2. The van der Waals surface area contributed by atoms with Crippen LogP contribution in [0, 0.1) is 17.3 Å². The first kappa shape index (κ1) is 12.3. The normalized spacial score (nSPS) is 25.9. The van der Waals surface area contributed by atoms with Crippen molar-refractivity contribution in [1.29, 1.82) is 0 Å². The second-order valence-electron chi connectivity index (χ2n) is 5.12. The van der Waals surface area contributed by atoms with Gasteiger partial charge in [-0.25, -0.2) is 0 Å². The zero-order chi connectivity index (χ0) is 12.0. The zero-order valence-electron chi connectivity index (χ0n) is 9.43. The van der Waals surface area contributed by atoms with Crippen LogP contribution in [0.2, 0.25) is 0 Å². The highest BCUT2D eigenvalue weighted by molar-refractivity contribution is 6.06. The molecule has 86 valence electrons. The summed E-state index contributed by atoms with van der Waals surface area (Å²) in [7, 11) is 0. The van der Waals surface area contributed by atoms with Crippen molar-refractivity contribution in [3.63, 3.8) is 0 Å². The van der Waals surface area contributed by atoms with Gasteiger partial charge in [0.15, 0.2) is 0 Å². The molecule has 0 aliphatic heterocycles. The van der Waals surface area contributed by atoms with Gasteiger partial charge in [-0.05, 0) is 18.8 Å². The molecule has 0 N–H and O–H groups in total. The van der Waals surface area contributed by atoms with E-state index in [0.29, 0.717) is 13.3 Å². The largest absolute Gasteiger partial charge is 0.303 e. The van der Waals surface area contributed by atoms with Gasteiger partial charge in [-0.3, -0.25) is 9.59 Å². The van der Waals surface area contributed by atoms with Crippen molar-refractivity contribution in [2.45, 2.75) is 40.0 Å². The van der Waals surface area contributed by atoms with E-state index in [1.807, 2.05) is 13.8 Å². The first-order chi connectivity index (χ1) is 6.57. The SMILES string of the molecule is CC(C(=O)C1CC1(C)C)C(=O)C(C)(F)F. The number of alkyl halides is 2. The molecule has 15 heavy (non-hydrogen) atoms. The molecular weight excluding hydrogens is 202 g/mol. The highest BCUT2D eigenvalue weighted by atomic mass is 19.3. The summed E-state index contributed by atoms with van der Waals surface area (Å²) in [6.07, 6.45) is 0.693. The summed E-state index contributed by atoms with van der Waals surface area (Å²) in [6.45, 7) is 5.61. The van der Waals surface area contributed by atoms with Crippen molar-refractivity contribution >= 4 is 11.6 Å². The van der Waals surface area contributed by atoms with Gasteiger partial charge in [0.1, 0.15) is 5.78 Å². The molecule has 0 saturated heterocycles. The van der Waals surface area contributed by atoms with E-state index in [0.717, 1.165) is 0 Å². The Morgan fingerprint density at radius 3 is 2.07 bits per heavy atom. The average Bonchev–Trinajstić information content (AvgIpc) is 2.69. The molecule has 1 aliphatic carbocycles. The Labute approximate surface area is 88.0 Å². The lowest BCUT2D eigenvalue weighted by Crippen LogP contribution is -2.35. The predicted molar refractivity (Wildman–Crippen MR) is 51.7 cm³/mol. The molecule has 2 atom stereocenters. The summed E-state index contributed by atoms with van der Waals surface area (Å²) in [5.41, 5.74) is -0.116. The lowest BCUT2D eigenvalue weighted by molar-refractivity contribution is -0.148. The maximum Gasteiger partial charge on any atom is 0.303 e. The van der Waals surface area contributed by atoms with Gasteiger partial charge >= 0.3 is 5.92 Å². The Morgan fingerprint density at radius 1 is 1.40 bits per heavy atom. The van der Waals surface area contributed by atoms with E-state index < -0.39 is 17.6 Å². The molecule has 1 rings (SSSR count). The van der Waals surface area contributed by atoms with E-state index >= 15 is 0 Å². The van der Waals surface area contributed by atoms with Crippen LogP contribution in [0.15, 0.2) is 0 Å². The summed E-state index contributed by atoms with van der Waals surface area (Å²) in [6, 6.07) is 0. The van der Waals surface area contributed by atoms with Crippen LogP contribution in [0.5, 0.6) is 0 Å². The van der Waals surface area contributed by atoms with Crippen LogP contribution in [0.25, 0.3) is 0 Å². The quantitative estimate of drug-likeness (QED) is 0.679. The molecule has 2 unspecified atom stereocenters. The summed E-state index contributed by atoms with van der Waals surface area (Å²) in [4.78, 5) is 22.8. The third-order valence-corrected chi connectivity index (χ3v) is 3.11. The Hall–Kier alpha value is -0.800. The molecule has 1 fully saturated rings. The molecule has 0 spiro atoms. The van der Waals surface area contributed by atoms with Gasteiger partial charge in [-0.15, -0.1) is 0 Å². The summed E-state index contributed by atoms with van der Waals surface area (Å²) >= 11 is 0. The second kappa shape index (κ2) is 3.35. The standard InChI is InChI=1S/C11H16F2O2/c1-6(9(15)11(4,12)13)8(14)7-5-10(7,2)3/h6-7H,5H2,1-4H3. The number of carbonyl (C=O) groups is 2. The Morgan fingerprint density at radius 2 is 1.80 bits per heavy atom. The van der Waals surface area contributed by atoms with Crippen molar-refractivity contribution in [3.05, 3.63) is 0 Å². The smallest absolute Gasteiger partial charge is 0.299 e. The van der Waals surface area contributed by atoms with E-state index in [-0.39, 0.29) is 17.1 Å². The number of carbonyl (C=O) groups excluding carboxylic acids is 2. The van der Waals surface area contributed by atoms with Crippen LogP contribution in [-0.2, 0) is 9.59 Å². The van der Waals surface area contributed by atoms with Gasteiger partial charge in [0.2, 0.25) is 5.78 Å². The van der Waals surface area contributed by atoms with Crippen LogP contribution in [0.4, 0.5) is 8.78 Å². The molecule has 2 nitrogen and oxygen atoms in total. The predicted octanol–water partition coefficient (Wildman–Crippen LogP) is 2.46. The van der Waals surface area contributed by atoms with Crippen LogP contribution < -0.4 is 0 Å². The Bertz CT molecular complexity index is 302. The molecule has 0 aromatic rings. The van der Waals surface area contributed by atoms with Crippen molar-refractivity contribution < 1.29 is 18.4 Å². The van der Waals surface area contributed by atoms with Crippen molar-refractivity contribution in [1.82, 2.24) is 0 Å². The zero-order valence-corrected chi connectivity index (χ0v) is 9.43. The van der Waals surface area contributed by atoms with Gasteiger partial charge in [-0.2, -0.15) is 8.78 Å². The van der Waals surface area contributed by atoms with Gasteiger partial charge in [0, 0.05) is 12.8 Å². The number of hydrogen-bond acceptors (Lipinski definition) is 2. The second-order valence-corrected chi connectivity index (χ2v) is 5.12. The van der Waals surface area contributed by atoms with Crippen LogP contribution in [0.3, 0.4) is 0 Å². The van der Waals surface area contributed by atoms with Gasteiger partial charge in [-0.1, -0.05) is 13.8 Å². The number of hydrogen-bond donors (Lipinski definition) is 0. The molecule has 4 heteroatoms. The Kier molecular flexibility index (Phi) is 2.74. The van der Waals surface area contributed by atoms with Gasteiger partial charge < -0.3 is 0 Å². The molecule has 0 aromatic heterocycles. The van der Waals surface area contributed by atoms with Crippen LogP contribution >= 0.6 is 0 Å². The fraction of sp³-hybridized carbons (Fsp3) is 0.818. The molecule has 0 heterocycles. The minimum absolute atomic E-state index is 0.116. The fourth-order valence-corrected chi connectivity index (χ4v) is 1.76. The summed E-state index contributed by atoms with van der Waals surface area (Å²) in [5.74, 6) is -6.43. The average molecular weight is 218 g/mol. The van der Waals surface area contributed by atoms with E-state index in [4.69, 9.17) is 0 Å². The van der Waals surface area contributed by atoms with Crippen molar-refractivity contribution in [3.8, 4) is 0 Å². The molecule has 0 aromatic carbocycles. The molecule has 0 bridgehead atoms. The maximum atomic E-state index is 12.7. The van der Waals surface area contributed by atoms with Crippen molar-refractivity contribution in [2.24, 2.45) is 17.3 Å². The first-order valence-corrected chi connectivity index (χ1v) is 5.03. The maximum absolute atomic E-state index is 12.7. The first-order valence-electron chi connectivity index (χ1n) is 5.03. The minimum Gasteiger partial charge on any atom is -0.299 e. The minimum atomic E-state index is -3.41. The van der Waals surface area contributed by atoms with Crippen molar-refractivity contribution in [2.75, 3.05) is 0 Å². The molecule has 0 amide bonds. The highest BCUT2D eigenvalue weighted by Crippen LogP contribution is 2.53.